The number of aromatic nitrogens is 2. The van der Waals surface area contributed by atoms with Crippen molar-refractivity contribution < 1.29 is 22.4 Å². The molecule has 4 aromatic rings. The smallest absolute Gasteiger partial charge is 0.348 e. The molecule has 0 saturated heterocycles. The van der Waals surface area contributed by atoms with Crippen LogP contribution < -0.4 is 5.32 Å². The van der Waals surface area contributed by atoms with Gasteiger partial charge in [-0.15, -0.1) is 0 Å². The summed E-state index contributed by atoms with van der Waals surface area (Å²) < 4.78 is 54.7. The van der Waals surface area contributed by atoms with Crippen LogP contribution in [-0.4, -0.2) is 15.7 Å². The minimum atomic E-state index is -4.65. The quantitative estimate of drug-likeness (QED) is 0.410. The van der Waals surface area contributed by atoms with Gasteiger partial charge < -0.3 is 5.32 Å². The van der Waals surface area contributed by atoms with Crippen LogP contribution in [-0.2, 0) is 12.7 Å². The normalized spacial score (nSPS) is 11.4. The first-order valence-corrected chi connectivity index (χ1v) is 9.67. The van der Waals surface area contributed by atoms with Gasteiger partial charge in [-0.2, -0.15) is 18.3 Å². The number of nitrogens with one attached hydrogen (secondary N) is 1. The lowest BCUT2D eigenvalue weighted by Gasteiger charge is -2.12. The topological polar surface area (TPSA) is 46.9 Å². The third kappa shape index (κ3) is 4.54. The Bertz CT molecular complexity index is 1230. The molecule has 4 nitrogen and oxygen atoms in total. The van der Waals surface area contributed by atoms with Crippen LogP contribution in [0, 0.1) is 5.82 Å². The molecule has 4 rings (SSSR count). The molecule has 1 amide bonds. The predicted octanol–water partition coefficient (Wildman–Crippen LogP) is 5.63. The highest BCUT2D eigenvalue weighted by atomic mass is 19.4. The molecule has 0 aliphatic carbocycles. The first kappa shape index (κ1) is 21.3. The number of carbonyl (C=O) groups excluding carboxylic acids is 1. The standard InChI is InChI=1S/C24H17F4N3O/c25-18-12-10-16(11-13-18)22-17(15-31(30-22)19-6-2-1-3-7-19)14-29-23(32)20-8-4-5-9-21(20)24(26,27)28/h1-13,15H,14H2,(H,29,32). The van der Waals surface area contributed by atoms with Gasteiger partial charge in [0.2, 0.25) is 0 Å². The van der Waals surface area contributed by atoms with Gasteiger partial charge in [0.1, 0.15) is 5.82 Å². The van der Waals surface area contributed by atoms with Crippen molar-refractivity contribution in [2.45, 2.75) is 12.7 Å². The van der Waals surface area contributed by atoms with Crippen molar-refractivity contribution in [3.05, 3.63) is 108 Å². The molecule has 0 unspecified atom stereocenters. The number of carbonyl (C=O) groups is 1. The summed E-state index contributed by atoms with van der Waals surface area (Å²) in [5.74, 6) is -1.26. The molecule has 0 radical (unpaired) electrons. The lowest BCUT2D eigenvalue weighted by molar-refractivity contribution is -0.137. The molecule has 0 saturated carbocycles. The second kappa shape index (κ2) is 8.66. The van der Waals surface area contributed by atoms with Crippen LogP contribution in [0.25, 0.3) is 16.9 Å². The number of hydrogen-bond acceptors (Lipinski definition) is 2. The molecule has 8 heteroatoms. The number of nitrogens with zero attached hydrogens (tertiary/aromatic N) is 2. The van der Waals surface area contributed by atoms with Crippen molar-refractivity contribution in [2.75, 3.05) is 0 Å². The van der Waals surface area contributed by atoms with Crippen LogP contribution in [0.5, 0.6) is 0 Å². The van der Waals surface area contributed by atoms with Crippen LogP contribution in [0.3, 0.4) is 0 Å². The molecule has 0 spiro atoms. The average Bonchev–Trinajstić information content (AvgIpc) is 3.22. The highest BCUT2D eigenvalue weighted by Gasteiger charge is 2.34. The Morgan fingerprint density at radius 2 is 1.56 bits per heavy atom. The molecule has 1 N–H and O–H groups in total. The molecular formula is C24H17F4N3O. The van der Waals surface area contributed by atoms with Crippen molar-refractivity contribution >= 4 is 5.91 Å². The summed E-state index contributed by atoms with van der Waals surface area (Å²) in [5, 5.41) is 7.10. The van der Waals surface area contributed by atoms with Crippen molar-refractivity contribution in [3.63, 3.8) is 0 Å². The van der Waals surface area contributed by atoms with Crippen molar-refractivity contribution in [1.29, 1.82) is 0 Å². The Morgan fingerprint density at radius 1 is 0.906 bits per heavy atom. The fraction of sp³-hybridized carbons (Fsp3) is 0.0833. The van der Waals surface area contributed by atoms with Gasteiger partial charge in [-0.25, -0.2) is 9.07 Å². The van der Waals surface area contributed by atoms with Gasteiger partial charge in [0.05, 0.1) is 22.5 Å². The van der Waals surface area contributed by atoms with Gasteiger partial charge in [0.15, 0.2) is 0 Å². The van der Waals surface area contributed by atoms with E-state index in [9.17, 15) is 22.4 Å². The maximum absolute atomic E-state index is 13.4. The SMILES string of the molecule is O=C(NCc1cn(-c2ccccc2)nc1-c1ccc(F)cc1)c1ccccc1C(F)(F)F. The Hall–Kier alpha value is -3.94. The maximum atomic E-state index is 13.4. The lowest BCUT2D eigenvalue weighted by atomic mass is 10.1. The zero-order valence-electron chi connectivity index (χ0n) is 16.6. The molecular weight excluding hydrogens is 422 g/mol. The van der Waals surface area contributed by atoms with Crippen LogP contribution in [0.2, 0.25) is 0 Å². The lowest BCUT2D eigenvalue weighted by Crippen LogP contribution is -2.26. The van der Waals surface area contributed by atoms with E-state index >= 15 is 0 Å². The predicted molar refractivity (Wildman–Crippen MR) is 112 cm³/mol. The number of rotatable bonds is 5. The summed E-state index contributed by atoms with van der Waals surface area (Å²) in [5.41, 5.74) is 0.962. The third-order valence-corrected chi connectivity index (χ3v) is 4.84. The molecule has 1 heterocycles. The fourth-order valence-electron chi connectivity index (χ4n) is 3.30. The molecule has 3 aromatic carbocycles. The highest BCUT2D eigenvalue weighted by Crippen LogP contribution is 2.32. The molecule has 0 aliphatic heterocycles. The van der Waals surface area contributed by atoms with E-state index < -0.39 is 29.0 Å². The van der Waals surface area contributed by atoms with Gasteiger partial charge in [0, 0.05) is 23.9 Å². The molecule has 0 fully saturated rings. The van der Waals surface area contributed by atoms with Gasteiger partial charge in [-0.05, 0) is 48.5 Å². The Balaban J connectivity index is 1.65. The van der Waals surface area contributed by atoms with Gasteiger partial charge in [0.25, 0.3) is 5.91 Å². The number of halogens is 4. The summed E-state index contributed by atoms with van der Waals surface area (Å²) in [6, 6.07) is 19.5. The molecule has 0 aliphatic rings. The van der Waals surface area contributed by atoms with Crippen LogP contribution >= 0.6 is 0 Å². The Morgan fingerprint density at radius 3 is 2.25 bits per heavy atom. The van der Waals surface area contributed by atoms with E-state index in [4.69, 9.17) is 0 Å². The Labute approximate surface area is 181 Å². The fourth-order valence-corrected chi connectivity index (χ4v) is 3.30. The second-order valence-corrected chi connectivity index (χ2v) is 7.02. The Kier molecular flexibility index (Phi) is 5.77. The van der Waals surface area contributed by atoms with Gasteiger partial charge >= 0.3 is 6.18 Å². The van der Waals surface area contributed by atoms with Crippen LogP contribution in [0.15, 0.2) is 85.1 Å². The van der Waals surface area contributed by atoms with Gasteiger partial charge in [-0.1, -0.05) is 30.3 Å². The molecule has 1 aromatic heterocycles. The van der Waals surface area contributed by atoms with E-state index in [0.29, 0.717) is 16.8 Å². The minimum absolute atomic E-state index is 0.0649. The number of benzene rings is 3. The first-order chi connectivity index (χ1) is 15.3. The van der Waals surface area contributed by atoms with Crippen LogP contribution in [0.1, 0.15) is 21.5 Å². The number of alkyl halides is 3. The largest absolute Gasteiger partial charge is 0.417 e. The first-order valence-electron chi connectivity index (χ1n) is 9.67. The van der Waals surface area contributed by atoms with Crippen LogP contribution in [0.4, 0.5) is 17.6 Å². The zero-order chi connectivity index (χ0) is 22.7. The van der Waals surface area contributed by atoms with E-state index in [1.54, 1.807) is 23.0 Å². The summed E-state index contributed by atoms with van der Waals surface area (Å²) in [6.07, 6.45) is -2.96. The minimum Gasteiger partial charge on any atom is -0.348 e. The molecule has 162 valence electrons. The number of para-hydroxylation sites is 1. The average molecular weight is 439 g/mol. The summed E-state index contributed by atoms with van der Waals surface area (Å²) in [4.78, 5) is 12.6. The van der Waals surface area contributed by atoms with E-state index in [-0.39, 0.29) is 6.54 Å². The maximum Gasteiger partial charge on any atom is 0.417 e. The van der Waals surface area contributed by atoms with E-state index in [1.165, 1.54) is 24.3 Å². The number of hydrogen-bond donors (Lipinski definition) is 1. The van der Waals surface area contributed by atoms with Gasteiger partial charge in [-0.3, -0.25) is 4.79 Å². The van der Waals surface area contributed by atoms with E-state index in [0.717, 1.165) is 17.8 Å². The second-order valence-electron chi connectivity index (χ2n) is 7.02. The van der Waals surface area contributed by atoms with Crippen molar-refractivity contribution in [2.24, 2.45) is 0 Å². The summed E-state index contributed by atoms with van der Waals surface area (Å²) in [6.45, 7) is -0.0649. The molecule has 0 bridgehead atoms. The number of amides is 1. The zero-order valence-corrected chi connectivity index (χ0v) is 16.6. The summed E-state index contributed by atoms with van der Waals surface area (Å²) >= 11 is 0. The van der Waals surface area contributed by atoms with E-state index in [2.05, 4.69) is 10.4 Å². The molecule has 0 atom stereocenters. The van der Waals surface area contributed by atoms with E-state index in [1.807, 2.05) is 30.3 Å². The monoisotopic (exact) mass is 439 g/mol. The van der Waals surface area contributed by atoms with Crippen molar-refractivity contribution in [3.8, 4) is 16.9 Å². The highest BCUT2D eigenvalue weighted by molar-refractivity contribution is 5.95. The van der Waals surface area contributed by atoms with Crippen molar-refractivity contribution in [1.82, 2.24) is 15.1 Å². The third-order valence-electron chi connectivity index (χ3n) is 4.84. The summed E-state index contributed by atoms with van der Waals surface area (Å²) in [7, 11) is 0. The molecule has 32 heavy (non-hydrogen) atoms.